The predicted octanol–water partition coefficient (Wildman–Crippen LogP) is 1.71. The number of nitrogens with zero attached hydrogens (tertiary/aromatic N) is 2. The van der Waals surface area contributed by atoms with Gasteiger partial charge in [0, 0.05) is 18.4 Å². The van der Waals surface area contributed by atoms with Gasteiger partial charge in [0.25, 0.3) is 15.9 Å². The smallest absolute Gasteiger partial charge is 0.272 e. The molecule has 0 spiro atoms. The molecular weight excluding hydrogens is 334 g/mol. The number of sulfonamides is 1. The van der Waals surface area contributed by atoms with Crippen LogP contribution in [0.4, 0.5) is 11.5 Å². The summed E-state index contributed by atoms with van der Waals surface area (Å²) in [5, 5.41) is 3.65. The average molecular weight is 353 g/mol. The molecule has 130 valence electrons. The van der Waals surface area contributed by atoms with Crippen molar-refractivity contribution in [3.63, 3.8) is 0 Å². The Morgan fingerprint density at radius 1 is 1.33 bits per heavy atom. The topological polar surface area (TPSA) is 116 Å². The van der Waals surface area contributed by atoms with Crippen LogP contribution in [0.2, 0.25) is 0 Å². The van der Waals surface area contributed by atoms with E-state index in [9.17, 15) is 13.2 Å². The Labute approximate surface area is 140 Å². The van der Waals surface area contributed by atoms with Crippen molar-refractivity contribution >= 4 is 27.4 Å². The molecule has 0 atom stereocenters. The van der Waals surface area contributed by atoms with Crippen LogP contribution in [0.1, 0.15) is 19.1 Å². The molecule has 8 nitrogen and oxygen atoms in total. The van der Waals surface area contributed by atoms with Gasteiger partial charge < -0.3 is 15.0 Å². The molecule has 2 aromatic rings. The van der Waals surface area contributed by atoms with Crippen LogP contribution in [0.25, 0.3) is 0 Å². The highest BCUT2D eigenvalue weighted by atomic mass is 32.2. The van der Waals surface area contributed by atoms with E-state index in [0.717, 1.165) is 0 Å². The van der Waals surface area contributed by atoms with Gasteiger partial charge in [-0.2, -0.15) is 4.31 Å². The van der Waals surface area contributed by atoms with Crippen LogP contribution in [0.3, 0.4) is 0 Å². The second-order valence-corrected chi connectivity index (χ2v) is 6.87. The number of amides is 1. The van der Waals surface area contributed by atoms with Crippen molar-refractivity contribution in [3.05, 3.63) is 36.1 Å². The van der Waals surface area contributed by atoms with Gasteiger partial charge in [0.05, 0.1) is 4.90 Å². The molecule has 1 aromatic heterocycles. The number of carbonyl (C=O) groups excluding carboxylic acids is 1. The van der Waals surface area contributed by atoms with E-state index >= 15 is 0 Å². The zero-order valence-corrected chi connectivity index (χ0v) is 14.2. The lowest BCUT2D eigenvalue weighted by Gasteiger charge is -2.19. The molecule has 0 radical (unpaired) electrons. The van der Waals surface area contributed by atoms with E-state index in [-0.39, 0.29) is 17.3 Å². The zero-order valence-electron chi connectivity index (χ0n) is 13.4. The van der Waals surface area contributed by atoms with Crippen molar-refractivity contribution in [3.8, 4) is 0 Å². The first-order valence-corrected chi connectivity index (χ1v) is 8.75. The third-order valence-corrected chi connectivity index (χ3v) is 4.78. The van der Waals surface area contributed by atoms with E-state index in [1.54, 1.807) is 6.92 Å². The second-order valence-electron chi connectivity index (χ2n) is 5.08. The third kappa shape index (κ3) is 3.92. The molecule has 0 aliphatic carbocycles. The van der Waals surface area contributed by atoms with Gasteiger partial charge >= 0.3 is 0 Å². The number of ether oxygens (including phenoxy) is 1. The van der Waals surface area contributed by atoms with Crippen LogP contribution >= 0.6 is 0 Å². The van der Waals surface area contributed by atoms with Gasteiger partial charge in [-0.25, -0.2) is 8.42 Å². The van der Waals surface area contributed by atoms with Crippen molar-refractivity contribution in [2.45, 2.75) is 25.2 Å². The first-order chi connectivity index (χ1) is 11.4. The van der Waals surface area contributed by atoms with E-state index in [2.05, 4.69) is 5.16 Å². The number of anilines is 2. The number of rotatable bonds is 7. The quantitative estimate of drug-likeness (QED) is 0.595. The summed E-state index contributed by atoms with van der Waals surface area (Å²) < 4.78 is 36.4. The standard InChI is InChI=1S/C15H19N3O5S/c1-3-8-22-10-15(19)18(14-9-11(2)23-17-14)24(20,21)13-6-4-12(16)5-7-13/h4-7,9H,3,8,10,16H2,1-2H3. The fourth-order valence-electron chi connectivity index (χ4n) is 1.94. The van der Waals surface area contributed by atoms with Gasteiger partial charge in [0.2, 0.25) is 0 Å². The van der Waals surface area contributed by atoms with Gasteiger partial charge in [-0.3, -0.25) is 4.79 Å². The summed E-state index contributed by atoms with van der Waals surface area (Å²) in [5.74, 6) is -0.493. The van der Waals surface area contributed by atoms with E-state index in [4.69, 9.17) is 15.0 Å². The number of carbonyl (C=O) groups is 1. The maximum absolute atomic E-state index is 12.9. The number of hydrogen-bond donors (Lipinski definition) is 1. The molecule has 0 fully saturated rings. The fraction of sp³-hybridized carbons (Fsp3) is 0.333. The largest absolute Gasteiger partial charge is 0.399 e. The minimum atomic E-state index is -4.17. The molecule has 0 aliphatic rings. The molecule has 1 heterocycles. The Balaban J connectivity index is 2.41. The highest BCUT2D eigenvalue weighted by molar-refractivity contribution is 7.93. The Hall–Kier alpha value is -2.39. The number of hydrogen-bond acceptors (Lipinski definition) is 7. The number of nitrogens with two attached hydrogens (primary N) is 1. The molecule has 1 amide bonds. The number of aryl methyl sites for hydroxylation is 1. The van der Waals surface area contributed by atoms with Crippen LogP contribution in [0.15, 0.2) is 39.8 Å². The van der Waals surface area contributed by atoms with Crippen molar-refractivity contribution in [2.75, 3.05) is 23.3 Å². The van der Waals surface area contributed by atoms with Gasteiger partial charge in [-0.1, -0.05) is 12.1 Å². The van der Waals surface area contributed by atoms with Crippen LogP contribution in [-0.2, 0) is 19.6 Å². The Bertz CT molecular complexity index is 799. The lowest BCUT2D eigenvalue weighted by molar-refractivity contribution is -0.121. The number of aromatic nitrogens is 1. The molecule has 0 saturated carbocycles. The molecule has 0 unspecified atom stereocenters. The van der Waals surface area contributed by atoms with Crippen LogP contribution in [0.5, 0.6) is 0 Å². The van der Waals surface area contributed by atoms with E-state index < -0.39 is 15.9 Å². The summed E-state index contributed by atoms with van der Waals surface area (Å²) in [6.45, 7) is 3.45. The highest BCUT2D eigenvalue weighted by Gasteiger charge is 2.33. The van der Waals surface area contributed by atoms with Crippen LogP contribution in [-0.4, -0.2) is 32.7 Å². The number of nitrogen functional groups attached to an aromatic ring is 1. The molecule has 0 bridgehead atoms. The molecule has 0 aliphatic heterocycles. The average Bonchev–Trinajstić information content (AvgIpc) is 2.94. The first-order valence-electron chi connectivity index (χ1n) is 7.31. The Kier molecular flexibility index (Phi) is 5.58. The Morgan fingerprint density at radius 3 is 2.54 bits per heavy atom. The van der Waals surface area contributed by atoms with Crippen molar-refractivity contribution < 1.29 is 22.5 Å². The normalized spacial score (nSPS) is 11.4. The summed E-state index contributed by atoms with van der Waals surface area (Å²) in [4.78, 5) is 12.3. The maximum Gasteiger partial charge on any atom is 0.272 e. The third-order valence-electron chi connectivity index (χ3n) is 3.04. The lowest BCUT2D eigenvalue weighted by atomic mass is 10.3. The van der Waals surface area contributed by atoms with Crippen molar-refractivity contribution in [2.24, 2.45) is 0 Å². The summed E-state index contributed by atoms with van der Waals surface area (Å²) in [6.07, 6.45) is 0.709. The fourth-order valence-corrected chi connectivity index (χ4v) is 3.29. The molecule has 0 saturated heterocycles. The number of benzene rings is 1. The zero-order chi connectivity index (χ0) is 17.7. The molecule has 1 aromatic carbocycles. The summed E-state index contributed by atoms with van der Waals surface area (Å²) in [7, 11) is -4.17. The summed E-state index contributed by atoms with van der Waals surface area (Å²) in [6, 6.07) is 6.90. The maximum atomic E-state index is 12.9. The molecular formula is C15H19N3O5S. The van der Waals surface area contributed by atoms with Crippen molar-refractivity contribution in [1.82, 2.24) is 5.16 Å². The lowest BCUT2D eigenvalue weighted by Crippen LogP contribution is -2.39. The monoisotopic (exact) mass is 353 g/mol. The second kappa shape index (κ2) is 7.45. The van der Waals surface area contributed by atoms with Gasteiger partial charge in [-0.15, -0.1) is 0 Å². The van der Waals surface area contributed by atoms with Crippen molar-refractivity contribution in [1.29, 1.82) is 0 Å². The van der Waals surface area contributed by atoms with Gasteiger partial charge in [0.15, 0.2) is 5.82 Å². The van der Waals surface area contributed by atoms with E-state index in [1.165, 1.54) is 30.3 Å². The predicted molar refractivity (Wildman–Crippen MR) is 87.9 cm³/mol. The molecule has 2 rings (SSSR count). The molecule has 9 heteroatoms. The minimum Gasteiger partial charge on any atom is -0.399 e. The SMILES string of the molecule is CCCOCC(=O)N(c1cc(C)on1)S(=O)(=O)c1ccc(N)cc1. The first kappa shape index (κ1) is 18.0. The van der Waals surface area contributed by atoms with Gasteiger partial charge in [-0.05, 0) is 37.6 Å². The van der Waals surface area contributed by atoms with E-state index in [1.807, 2.05) is 6.92 Å². The molecule has 24 heavy (non-hydrogen) atoms. The van der Waals surface area contributed by atoms with Gasteiger partial charge in [0.1, 0.15) is 12.4 Å². The van der Waals surface area contributed by atoms with E-state index in [0.29, 0.717) is 28.8 Å². The summed E-state index contributed by atoms with van der Waals surface area (Å²) in [5.41, 5.74) is 5.99. The summed E-state index contributed by atoms with van der Waals surface area (Å²) >= 11 is 0. The van der Waals surface area contributed by atoms with Crippen LogP contribution in [0, 0.1) is 6.92 Å². The minimum absolute atomic E-state index is 0.0822. The van der Waals surface area contributed by atoms with Crippen LogP contribution < -0.4 is 10.0 Å². The Morgan fingerprint density at radius 2 is 2.00 bits per heavy atom. The molecule has 2 N–H and O–H groups in total. The highest BCUT2D eigenvalue weighted by Crippen LogP contribution is 2.24.